The second-order valence-electron chi connectivity index (χ2n) is 5.72. The van der Waals surface area contributed by atoms with Gasteiger partial charge in [0.2, 0.25) is 0 Å². The van der Waals surface area contributed by atoms with Gasteiger partial charge in [0.15, 0.2) is 0 Å². The molecule has 0 fully saturated rings. The van der Waals surface area contributed by atoms with Gasteiger partial charge in [0, 0.05) is 44.0 Å². The van der Waals surface area contributed by atoms with Crippen molar-refractivity contribution < 1.29 is 46.6 Å². The maximum absolute atomic E-state index is 12.6. The number of halogens is 2. The Labute approximate surface area is 183 Å². The molecule has 0 saturated heterocycles. The van der Waals surface area contributed by atoms with E-state index >= 15 is 0 Å². The molecule has 0 bridgehead atoms. The first-order valence-electron chi connectivity index (χ1n) is 8.13. The molecule has 0 saturated carbocycles. The van der Waals surface area contributed by atoms with E-state index in [0.717, 1.165) is 17.3 Å². The zero-order chi connectivity index (χ0) is 19.0. The van der Waals surface area contributed by atoms with Gasteiger partial charge in [-0.15, -0.1) is 17.8 Å². The van der Waals surface area contributed by atoms with Crippen LogP contribution >= 0.6 is 11.8 Å². The molecule has 0 aliphatic heterocycles. The molecule has 1 aromatic heterocycles. The zero-order valence-corrected chi connectivity index (χ0v) is 19.5. The van der Waals surface area contributed by atoms with Crippen molar-refractivity contribution in [3.8, 4) is 0 Å². The molecule has 0 amide bonds. The zero-order valence-electron chi connectivity index (χ0n) is 15.8. The number of alkyl halides is 2. The molecule has 0 spiro atoms. The van der Waals surface area contributed by atoms with Gasteiger partial charge in [0.25, 0.3) is 6.43 Å². The van der Waals surface area contributed by atoms with Gasteiger partial charge in [-0.25, -0.2) is 13.8 Å². The van der Waals surface area contributed by atoms with Crippen LogP contribution in [0.25, 0.3) is 5.32 Å². The number of rotatable bonds is 6. The van der Waals surface area contributed by atoms with Gasteiger partial charge in [-0.05, 0) is 24.8 Å². The van der Waals surface area contributed by atoms with E-state index < -0.39 is 12.5 Å². The molecule has 1 heterocycles. The van der Waals surface area contributed by atoms with Gasteiger partial charge in [0.05, 0.1) is 0 Å². The Kier molecular flexibility index (Phi) is 12.8. The first-order chi connectivity index (χ1) is 11.8. The third-order valence-electron chi connectivity index (χ3n) is 3.34. The average Bonchev–Trinajstić information content (AvgIpc) is 2.95. The number of hydrogen-bond donors (Lipinski definition) is 2. The minimum atomic E-state index is -2.55. The van der Waals surface area contributed by atoms with Crippen molar-refractivity contribution in [1.82, 2.24) is 9.97 Å². The van der Waals surface area contributed by atoms with Crippen LogP contribution in [-0.4, -0.2) is 33.9 Å². The van der Waals surface area contributed by atoms with E-state index in [9.17, 15) is 13.9 Å². The second-order valence-corrected chi connectivity index (χ2v) is 6.52. The molecule has 2 rings (SSSR count). The fourth-order valence-corrected chi connectivity index (χ4v) is 2.73. The van der Waals surface area contributed by atoms with Crippen molar-refractivity contribution in [1.29, 1.82) is 0 Å². The van der Waals surface area contributed by atoms with Crippen LogP contribution in [-0.2, 0) is 32.7 Å². The molecule has 2 aromatic rings. The van der Waals surface area contributed by atoms with Crippen LogP contribution in [0.2, 0.25) is 0 Å². The first kappa shape index (κ1) is 25.7. The van der Waals surface area contributed by atoms with Gasteiger partial charge >= 0.3 is 0 Å². The van der Waals surface area contributed by atoms with Crippen molar-refractivity contribution in [3.63, 3.8) is 0 Å². The molecular weight excluding hydrogens is 433 g/mol. The Morgan fingerprint density at radius 2 is 1.88 bits per heavy atom. The van der Waals surface area contributed by atoms with E-state index in [1.54, 1.807) is 6.07 Å². The standard InChI is InChI=1S/C13H14F2N2OS.C5H12N.Y/c1-7-13(19-2)17-12(16-7)10(18)8-4-3-5-9(6-8)11(14)15;1-4-6-5(2)3;/h3-6,10-11,18H,1-2H3,(H,16,17);5H,4H2,1-3H3;/q;-1;. The molecule has 2 N–H and O–H groups in total. The summed E-state index contributed by atoms with van der Waals surface area (Å²) in [6, 6.07) is 6.27. The van der Waals surface area contributed by atoms with Crippen molar-refractivity contribution in [3.05, 3.63) is 52.2 Å². The third-order valence-corrected chi connectivity index (χ3v) is 4.12. The topological polar surface area (TPSA) is 63.0 Å². The van der Waals surface area contributed by atoms with Gasteiger partial charge in [-0.1, -0.05) is 39.0 Å². The van der Waals surface area contributed by atoms with Crippen LogP contribution in [0.4, 0.5) is 8.78 Å². The normalized spacial score (nSPS) is 11.8. The summed E-state index contributed by atoms with van der Waals surface area (Å²) >= 11 is 1.46. The van der Waals surface area contributed by atoms with E-state index in [0.29, 0.717) is 17.4 Å². The summed E-state index contributed by atoms with van der Waals surface area (Å²) < 4.78 is 25.3. The number of benzene rings is 1. The predicted octanol–water partition coefficient (Wildman–Crippen LogP) is 5.25. The van der Waals surface area contributed by atoms with Crippen molar-refractivity contribution in [2.45, 2.75) is 51.3 Å². The largest absolute Gasteiger partial charge is 0.660 e. The number of H-pyrrole nitrogens is 1. The Bertz CT molecular complexity index is 653. The number of aromatic amines is 1. The number of thioether (sulfide) groups is 1. The molecule has 0 aliphatic rings. The summed E-state index contributed by atoms with van der Waals surface area (Å²) in [6.45, 7) is 9.04. The monoisotopic (exact) mass is 459 g/mol. The van der Waals surface area contributed by atoms with Crippen LogP contribution in [0.15, 0.2) is 29.3 Å². The second kappa shape index (κ2) is 12.9. The van der Waals surface area contributed by atoms with Crippen LogP contribution in [0.1, 0.15) is 55.9 Å². The fraction of sp³-hybridized carbons (Fsp3) is 0.500. The van der Waals surface area contributed by atoms with Crippen LogP contribution in [0, 0.1) is 6.92 Å². The van der Waals surface area contributed by atoms with Crippen LogP contribution in [0.5, 0.6) is 0 Å². The molecule has 1 radical (unpaired) electrons. The van der Waals surface area contributed by atoms with Gasteiger partial charge in [-0.3, -0.25) is 0 Å². The van der Waals surface area contributed by atoms with Crippen LogP contribution in [0.3, 0.4) is 0 Å². The predicted molar refractivity (Wildman–Crippen MR) is 99.6 cm³/mol. The Morgan fingerprint density at radius 1 is 1.27 bits per heavy atom. The maximum atomic E-state index is 12.6. The Morgan fingerprint density at radius 3 is 2.31 bits per heavy atom. The van der Waals surface area contributed by atoms with Crippen molar-refractivity contribution in [2.24, 2.45) is 0 Å². The molecule has 1 atom stereocenters. The average molecular weight is 459 g/mol. The molecule has 8 heteroatoms. The molecule has 4 nitrogen and oxygen atoms in total. The first-order valence-corrected chi connectivity index (χ1v) is 9.35. The number of hydrogen-bond acceptors (Lipinski definition) is 3. The summed E-state index contributed by atoms with van der Waals surface area (Å²) in [5.41, 5.74) is 1.15. The van der Waals surface area contributed by atoms with Gasteiger partial charge in [0.1, 0.15) is 17.0 Å². The summed E-state index contributed by atoms with van der Waals surface area (Å²) in [6.07, 6.45) is -1.69. The van der Waals surface area contributed by atoms with E-state index in [1.165, 1.54) is 30.0 Å². The van der Waals surface area contributed by atoms with E-state index in [2.05, 4.69) is 36.1 Å². The fourth-order valence-electron chi connectivity index (χ4n) is 2.18. The van der Waals surface area contributed by atoms with E-state index in [-0.39, 0.29) is 38.3 Å². The number of aliphatic hydroxyl groups excluding tert-OH is 1. The molecule has 1 aromatic carbocycles. The Hall–Kier alpha value is -0.336. The van der Waals surface area contributed by atoms with Crippen molar-refractivity contribution >= 4 is 11.8 Å². The van der Waals surface area contributed by atoms with Crippen molar-refractivity contribution in [2.75, 3.05) is 12.8 Å². The molecule has 0 aliphatic carbocycles. The van der Waals surface area contributed by atoms with E-state index in [4.69, 9.17) is 0 Å². The third kappa shape index (κ3) is 8.13. The molecule has 26 heavy (non-hydrogen) atoms. The minimum absolute atomic E-state index is 0. The SMILES string of the molecule is CC[N-]C(C)C.CSc1nc(C(O)c2cccc(C(F)F)c2)[nH]c1C.[Y]. The molecule has 1 unspecified atom stereocenters. The number of imidazole rings is 1. The number of aryl methyl sites for hydroxylation is 1. The maximum Gasteiger partial charge on any atom is 0.263 e. The summed E-state index contributed by atoms with van der Waals surface area (Å²) in [5, 5.41) is 15.1. The number of aliphatic hydroxyl groups is 1. The quantitative estimate of drug-likeness (QED) is 0.581. The van der Waals surface area contributed by atoms with Gasteiger partial charge in [-0.2, -0.15) is 6.54 Å². The summed E-state index contributed by atoms with van der Waals surface area (Å²) in [7, 11) is 0. The number of aromatic nitrogens is 2. The molecular formula is C18H26F2N3OSY-. The summed E-state index contributed by atoms with van der Waals surface area (Å²) in [5.74, 6) is 0.369. The number of nitrogens with zero attached hydrogens (tertiary/aromatic N) is 2. The molecule has 143 valence electrons. The van der Waals surface area contributed by atoms with Crippen LogP contribution < -0.4 is 0 Å². The van der Waals surface area contributed by atoms with Gasteiger partial charge < -0.3 is 15.4 Å². The summed E-state index contributed by atoms with van der Waals surface area (Å²) in [4.78, 5) is 7.22. The minimum Gasteiger partial charge on any atom is -0.660 e. The van der Waals surface area contributed by atoms with E-state index in [1.807, 2.05) is 13.2 Å². The Balaban J connectivity index is 0.000000777. The number of nitrogens with one attached hydrogen (secondary N) is 1. The smallest absolute Gasteiger partial charge is 0.263 e.